The molecule has 1 aromatic heterocycles. The first-order chi connectivity index (χ1) is 21.5. The number of aliphatic hydroxyl groups is 1. The van der Waals surface area contributed by atoms with Crippen LogP contribution in [-0.2, 0) is 32.6 Å². The van der Waals surface area contributed by atoms with Gasteiger partial charge in [0.25, 0.3) is 0 Å². The standard InChI is InChI=1S/C33H32N4O5S2/c38-20-23-10-12-25(13-11-23)31-18-28(21-43-33-34-22-35-37-33)41-32(42-31)26-16-14-24(15-17-26)30-9-5-4-6-27(30)19-36-44(39,40)29-7-2-1-3-8-29/h1-17,22,28,31-32,36,38H,18-21H2,(H,34,35,37)/t28-,31+,32+/m1/s1. The molecular formula is C33H32N4O5S2. The lowest BCUT2D eigenvalue weighted by molar-refractivity contribution is -0.245. The number of benzene rings is 4. The lowest BCUT2D eigenvalue weighted by Crippen LogP contribution is -2.31. The Hall–Kier alpha value is -3.84. The average molecular weight is 629 g/mol. The lowest BCUT2D eigenvalue weighted by atomic mass is 9.98. The van der Waals surface area contributed by atoms with Gasteiger partial charge in [0.15, 0.2) is 11.4 Å². The second kappa shape index (κ2) is 13.9. The van der Waals surface area contributed by atoms with E-state index in [2.05, 4.69) is 19.9 Å². The number of aromatic amines is 1. The van der Waals surface area contributed by atoms with Gasteiger partial charge < -0.3 is 14.6 Å². The molecule has 0 unspecified atom stereocenters. The number of aromatic nitrogens is 3. The number of hydrogen-bond acceptors (Lipinski definition) is 8. The molecule has 3 atom stereocenters. The van der Waals surface area contributed by atoms with E-state index in [1.54, 1.807) is 42.1 Å². The Morgan fingerprint density at radius 2 is 1.61 bits per heavy atom. The number of nitrogens with zero attached hydrogens (tertiary/aromatic N) is 2. The zero-order valence-corrected chi connectivity index (χ0v) is 25.4. The molecule has 6 rings (SSSR count). The largest absolute Gasteiger partial charge is 0.392 e. The third kappa shape index (κ3) is 7.27. The molecular weight excluding hydrogens is 597 g/mol. The highest BCUT2D eigenvalue weighted by Gasteiger charge is 2.32. The molecule has 1 saturated heterocycles. The Morgan fingerprint density at radius 3 is 2.34 bits per heavy atom. The monoisotopic (exact) mass is 628 g/mol. The fraction of sp³-hybridized carbons (Fsp3) is 0.212. The molecule has 5 aromatic rings. The number of thioether (sulfide) groups is 1. The number of ether oxygens (including phenoxy) is 2. The van der Waals surface area contributed by atoms with Crippen molar-refractivity contribution in [1.82, 2.24) is 19.9 Å². The van der Waals surface area contributed by atoms with E-state index < -0.39 is 16.3 Å². The molecule has 11 heteroatoms. The Morgan fingerprint density at radius 1 is 0.886 bits per heavy atom. The van der Waals surface area contributed by atoms with Gasteiger partial charge in [0.05, 0.1) is 23.7 Å². The van der Waals surface area contributed by atoms with Crippen molar-refractivity contribution < 1.29 is 23.0 Å². The Bertz CT molecular complexity index is 1750. The molecule has 44 heavy (non-hydrogen) atoms. The number of aliphatic hydroxyl groups excluding tert-OH is 1. The Labute approximate surface area is 260 Å². The maximum absolute atomic E-state index is 12.8. The molecule has 0 spiro atoms. The summed E-state index contributed by atoms with van der Waals surface area (Å²) in [5.74, 6) is 0.671. The van der Waals surface area contributed by atoms with E-state index in [4.69, 9.17) is 9.47 Å². The quantitative estimate of drug-likeness (QED) is 0.157. The van der Waals surface area contributed by atoms with Crippen LogP contribution in [0.4, 0.5) is 0 Å². The van der Waals surface area contributed by atoms with Crippen LogP contribution in [0.15, 0.2) is 120 Å². The maximum atomic E-state index is 12.8. The van der Waals surface area contributed by atoms with Crippen LogP contribution in [0.3, 0.4) is 0 Å². The molecule has 0 radical (unpaired) electrons. The zero-order chi connectivity index (χ0) is 30.4. The van der Waals surface area contributed by atoms with Crippen LogP contribution in [0.5, 0.6) is 0 Å². The van der Waals surface area contributed by atoms with Gasteiger partial charge in [-0.15, -0.1) is 0 Å². The van der Waals surface area contributed by atoms with Gasteiger partial charge >= 0.3 is 0 Å². The third-order valence-corrected chi connectivity index (χ3v) is 9.86. The molecule has 1 fully saturated rings. The molecule has 0 bridgehead atoms. The molecule has 1 aliphatic rings. The highest BCUT2D eigenvalue weighted by molar-refractivity contribution is 7.99. The first kappa shape index (κ1) is 30.2. The molecule has 4 aromatic carbocycles. The maximum Gasteiger partial charge on any atom is 0.240 e. The molecule has 0 aliphatic carbocycles. The van der Waals surface area contributed by atoms with Crippen molar-refractivity contribution in [2.24, 2.45) is 0 Å². The van der Waals surface area contributed by atoms with Crippen LogP contribution >= 0.6 is 11.8 Å². The third-order valence-electron chi connectivity index (χ3n) is 7.43. The summed E-state index contributed by atoms with van der Waals surface area (Å²) in [4.78, 5) is 4.44. The summed E-state index contributed by atoms with van der Waals surface area (Å²) in [5, 5.41) is 17.0. The SMILES string of the molecule is O=S(=O)(NCc1ccccc1-c1ccc([C@H]2O[C@@H](CSc3ncn[nH]3)C[C@@H](c3ccc(CO)cc3)O2)cc1)c1ccccc1. The second-order valence-electron chi connectivity index (χ2n) is 10.4. The van der Waals surface area contributed by atoms with Crippen molar-refractivity contribution in [3.8, 4) is 11.1 Å². The van der Waals surface area contributed by atoms with Crippen molar-refractivity contribution in [2.45, 2.75) is 48.1 Å². The van der Waals surface area contributed by atoms with Gasteiger partial charge in [0.2, 0.25) is 10.0 Å². The van der Waals surface area contributed by atoms with Gasteiger partial charge in [0, 0.05) is 24.3 Å². The van der Waals surface area contributed by atoms with E-state index in [0.717, 1.165) is 38.5 Å². The number of nitrogens with one attached hydrogen (secondary N) is 2. The van der Waals surface area contributed by atoms with Crippen LogP contribution in [0.2, 0.25) is 0 Å². The number of rotatable bonds is 11. The highest BCUT2D eigenvalue weighted by Crippen LogP contribution is 2.39. The molecule has 0 saturated carbocycles. The van der Waals surface area contributed by atoms with Crippen LogP contribution in [0.1, 0.15) is 41.1 Å². The van der Waals surface area contributed by atoms with Crippen molar-refractivity contribution in [2.75, 3.05) is 5.75 Å². The van der Waals surface area contributed by atoms with Gasteiger partial charge in [-0.3, -0.25) is 5.10 Å². The van der Waals surface area contributed by atoms with E-state index in [-0.39, 0.29) is 30.3 Å². The molecule has 3 N–H and O–H groups in total. The smallest absolute Gasteiger partial charge is 0.240 e. The van der Waals surface area contributed by atoms with Gasteiger partial charge in [-0.2, -0.15) is 5.10 Å². The summed E-state index contributed by atoms with van der Waals surface area (Å²) < 4.78 is 41.3. The van der Waals surface area contributed by atoms with Crippen LogP contribution in [0, 0.1) is 0 Å². The summed E-state index contributed by atoms with van der Waals surface area (Å²) in [5.41, 5.74) is 5.49. The predicted octanol–water partition coefficient (Wildman–Crippen LogP) is 5.78. The summed E-state index contributed by atoms with van der Waals surface area (Å²) in [6.45, 7) is 0.146. The van der Waals surface area contributed by atoms with Gasteiger partial charge in [-0.1, -0.05) is 103 Å². The average Bonchev–Trinajstić information content (AvgIpc) is 3.61. The van der Waals surface area contributed by atoms with Gasteiger partial charge in [-0.25, -0.2) is 18.1 Å². The van der Waals surface area contributed by atoms with Gasteiger partial charge in [-0.05, 0) is 39.9 Å². The van der Waals surface area contributed by atoms with E-state index in [0.29, 0.717) is 12.2 Å². The molecule has 9 nitrogen and oxygen atoms in total. The zero-order valence-electron chi connectivity index (χ0n) is 23.7. The van der Waals surface area contributed by atoms with Crippen molar-refractivity contribution in [1.29, 1.82) is 0 Å². The van der Waals surface area contributed by atoms with Gasteiger partial charge in [0.1, 0.15) is 6.33 Å². The highest BCUT2D eigenvalue weighted by atomic mass is 32.2. The molecule has 226 valence electrons. The van der Waals surface area contributed by atoms with Crippen LogP contribution in [-0.4, -0.2) is 40.6 Å². The van der Waals surface area contributed by atoms with Crippen molar-refractivity contribution in [3.63, 3.8) is 0 Å². The fourth-order valence-corrected chi connectivity index (χ4v) is 6.92. The van der Waals surface area contributed by atoms with Crippen LogP contribution < -0.4 is 4.72 Å². The Kier molecular flexibility index (Phi) is 9.51. The topological polar surface area (TPSA) is 126 Å². The molecule has 2 heterocycles. The fourth-order valence-electron chi connectivity index (χ4n) is 5.09. The molecule has 0 amide bonds. The van der Waals surface area contributed by atoms with Crippen molar-refractivity contribution in [3.05, 3.63) is 132 Å². The summed E-state index contributed by atoms with van der Waals surface area (Å²) in [6.07, 6.45) is 1.26. The molecule has 1 aliphatic heterocycles. The summed E-state index contributed by atoms with van der Waals surface area (Å²) >= 11 is 1.55. The van der Waals surface area contributed by atoms with Crippen molar-refractivity contribution >= 4 is 21.8 Å². The summed E-state index contributed by atoms with van der Waals surface area (Å²) in [7, 11) is -3.64. The predicted molar refractivity (Wildman–Crippen MR) is 168 cm³/mol. The first-order valence-electron chi connectivity index (χ1n) is 14.2. The minimum absolute atomic E-state index is 0.0115. The normalized spacial score (nSPS) is 18.7. The number of H-pyrrole nitrogens is 1. The first-order valence-corrected chi connectivity index (χ1v) is 16.7. The minimum Gasteiger partial charge on any atom is -0.392 e. The Balaban J connectivity index is 1.20. The number of sulfonamides is 1. The van der Waals surface area contributed by atoms with Crippen LogP contribution in [0.25, 0.3) is 11.1 Å². The number of hydrogen-bond donors (Lipinski definition) is 3. The van der Waals surface area contributed by atoms with E-state index in [1.165, 1.54) is 6.33 Å². The van der Waals surface area contributed by atoms with E-state index in [9.17, 15) is 13.5 Å². The second-order valence-corrected chi connectivity index (χ2v) is 13.1. The summed E-state index contributed by atoms with van der Waals surface area (Å²) in [6, 6.07) is 31.9. The van der Waals surface area contributed by atoms with E-state index >= 15 is 0 Å². The minimum atomic E-state index is -3.64. The lowest BCUT2D eigenvalue weighted by Gasteiger charge is -2.36. The van der Waals surface area contributed by atoms with E-state index in [1.807, 2.05) is 72.8 Å².